The Morgan fingerprint density at radius 2 is 1.49 bits per heavy atom. The molecule has 0 heterocycles. The first-order valence-corrected chi connectivity index (χ1v) is 14.0. The molecule has 0 aromatic heterocycles. The zero-order chi connectivity index (χ0) is 28.2. The van der Waals surface area contributed by atoms with Crippen molar-refractivity contribution in [1.29, 1.82) is 0 Å². The maximum absolute atomic E-state index is 13.4. The van der Waals surface area contributed by atoms with Gasteiger partial charge < -0.3 is 20.7 Å². The van der Waals surface area contributed by atoms with Crippen molar-refractivity contribution in [3.05, 3.63) is 106 Å². The van der Waals surface area contributed by atoms with E-state index >= 15 is 0 Å². The molecule has 6 heteroatoms. The number of rotatable bonds is 14. The van der Waals surface area contributed by atoms with Crippen LogP contribution in [0.5, 0.6) is 0 Å². The first-order chi connectivity index (χ1) is 18.8. The Balaban J connectivity index is 1.77. The second-order valence-electron chi connectivity index (χ2n) is 10.3. The van der Waals surface area contributed by atoms with Crippen LogP contribution in [-0.2, 0) is 17.7 Å². The predicted octanol–water partition coefficient (Wildman–Crippen LogP) is 5.45. The molecule has 3 aromatic carbocycles. The number of amides is 1. The molecule has 3 rings (SSSR count). The lowest BCUT2D eigenvalue weighted by molar-refractivity contribution is 0.0238. The van der Waals surface area contributed by atoms with Crippen LogP contribution < -0.4 is 11.1 Å². The van der Waals surface area contributed by atoms with Crippen molar-refractivity contribution >= 4 is 11.9 Å². The summed E-state index contributed by atoms with van der Waals surface area (Å²) in [5.74, 6) is -0.537. The monoisotopic (exact) mass is 529 g/mol. The average molecular weight is 530 g/mol. The highest BCUT2D eigenvalue weighted by Gasteiger charge is 2.25. The van der Waals surface area contributed by atoms with Crippen molar-refractivity contribution in [3.63, 3.8) is 0 Å². The Kier molecular flexibility index (Phi) is 11.7. The van der Waals surface area contributed by atoms with Gasteiger partial charge >= 0.3 is 5.97 Å². The Hall–Kier alpha value is -3.48. The minimum Gasteiger partial charge on any atom is -0.456 e. The van der Waals surface area contributed by atoms with Gasteiger partial charge in [-0.2, -0.15) is 0 Å². The number of carbonyl (C=O) groups is 2. The van der Waals surface area contributed by atoms with Crippen LogP contribution in [0.2, 0.25) is 0 Å². The number of nitrogens with two attached hydrogens (primary N) is 1. The van der Waals surface area contributed by atoms with Crippen LogP contribution in [0.3, 0.4) is 0 Å². The van der Waals surface area contributed by atoms with E-state index in [0.717, 1.165) is 29.5 Å². The third kappa shape index (κ3) is 9.34. The third-order valence-corrected chi connectivity index (χ3v) is 6.68. The highest BCUT2D eigenvalue weighted by Crippen LogP contribution is 2.17. The molecule has 0 unspecified atom stereocenters. The molecule has 0 saturated carbocycles. The highest BCUT2D eigenvalue weighted by molar-refractivity contribution is 5.98. The van der Waals surface area contributed by atoms with E-state index in [2.05, 4.69) is 43.4 Å². The summed E-state index contributed by atoms with van der Waals surface area (Å²) in [5, 5.41) is 3.40. The van der Waals surface area contributed by atoms with Crippen LogP contribution in [0.25, 0.3) is 0 Å². The summed E-state index contributed by atoms with van der Waals surface area (Å²) in [5.41, 5.74) is 11.7. The van der Waals surface area contributed by atoms with Gasteiger partial charge in [0, 0.05) is 37.8 Å². The van der Waals surface area contributed by atoms with Crippen LogP contribution in [-0.4, -0.2) is 48.6 Å². The predicted molar refractivity (Wildman–Crippen MR) is 158 cm³/mol. The zero-order valence-electron chi connectivity index (χ0n) is 23.8. The number of hydrogen-bond donors (Lipinski definition) is 2. The summed E-state index contributed by atoms with van der Waals surface area (Å²) in [6, 6.07) is 23.1. The summed E-state index contributed by atoms with van der Waals surface area (Å²) in [6.07, 6.45) is 1.77. The van der Waals surface area contributed by atoms with Crippen LogP contribution >= 0.6 is 0 Å². The SMILES string of the molecule is CCCN(CCC)C(=O)c1cc(C)cc(C(=O)O[C@H](CNCc2ccccc2)[C@@H](N)Cc2ccc(C)cc2)c1. The molecule has 208 valence electrons. The summed E-state index contributed by atoms with van der Waals surface area (Å²) in [4.78, 5) is 28.5. The van der Waals surface area contributed by atoms with E-state index in [1.807, 2.05) is 55.1 Å². The van der Waals surface area contributed by atoms with E-state index in [4.69, 9.17) is 10.5 Å². The normalized spacial score (nSPS) is 12.5. The van der Waals surface area contributed by atoms with Gasteiger partial charge in [-0.25, -0.2) is 4.79 Å². The largest absolute Gasteiger partial charge is 0.456 e. The van der Waals surface area contributed by atoms with E-state index in [1.54, 1.807) is 12.1 Å². The topological polar surface area (TPSA) is 84.7 Å². The molecule has 1 amide bonds. The fourth-order valence-electron chi connectivity index (χ4n) is 4.63. The molecule has 0 bridgehead atoms. The highest BCUT2D eigenvalue weighted by atomic mass is 16.5. The first-order valence-electron chi connectivity index (χ1n) is 14.0. The summed E-state index contributed by atoms with van der Waals surface area (Å²) in [7, 11) is 0. The molecule has 3 aromatic rings. The molecular formula is C33H43N3O3. The molecule has 0 aliphatic rings. The van der Waals surface area contributed by atoms with E-state index in [1.165, 1.54) is 5.56 Å². The molecular weight excluding hydrogens is 486 g/mol. The van der Waals surface area contributed by atoms with Gasteiger partial charge in [-0.1, -0.05) is 74.0 Å². The van der Waals surface area contributed by atoms with E-state index < -0.39 is 18.1 Å². The van der Waals surface area contributed by atoms with Gasteiger partial charge in [0.05, 0.1) is 5.56 Å². The number of nitrogens with zero attached hydrogens (tertiary/aromatic N) is 1. The number of benzene rings is 3. The zero-order valence-corrected chi connectivity index (χ0v) is 23.8. The standard InChI is InChI=1S/C33H43N3O3/c1-5-16-36(17-6-2)32(37)28-18-25(4)19-29(21-28)33(38)39-31(23-35-22-27-10-8-7-9-11-27)30(34)20-26-14-12-24(3)13-15-26/h7-15,18-19,21,30-31,35H,5-6,16-17,20,22-23,34H2,1-4H3/t30-,31+/m0/s1. The second kappa shape index (κ2) is 15.2. The number of nitrogens with one attached hydrogen (secondary N) is 1. The van der Waals surface area contributed by atoms with E-state index in [-0.39, 0.29) is 5.91 Å². The Labute approximate surface area is 233 Å². The first kappa shape index (κ1) is 30.1. The maximum Gasteiger partial charge on any atom is 0.338 e. The number of aryl methyl sites for hydroxylation is 2. The van der Waals surface area contributed by atoms with Crippen LogP contribution in [0, 0.1) is 13.8 Å². The van der Waals surface area contributed by atoms with Crippen molar-refractivity contribution in [2.45, 2.75) is 65.6 Å². The number of hydrogen-bond acceptors (Lipinski definition) is 5. The summed E-state index contributed by atoms with van der Waals surface area (Å²) < 4.78 is 6.03. The molecule has 3 N–H and O–H groups in total. The fourth-order valence-corrected chi connectivity index (χ4v) is 4.63. The lowest BCUT2D eigenvalue weighted by atomic mass is 10.0. The van der Waals surface area contributed by atoms with Crippen molar-refractivity contribution in [1.82, 2.24) is 10.2 Å². The van der Waals surface area contributed by atoms with E-state index in [0.29, 0.717) is 43.7 Å². The molecule has 0 fully saturated rings. The molecule has 0 aliphatic heterocycles. The Morgan fingerprint density at radius 3 is 2.13 bits per heavy atom. The molecule has 0 spiro atoms. The number of carbonyl (C=O) groups excluding carboxylic acids is 2. The van der Waals surface area contributed by atoms with E-state index in [9.17, 15) is 9.59 Å². The summed E-state index contributed by atoms with van der Waals surface area (Å²) in [6.45, 7) is 10.5. The fraction of sp³-hybridized carbons (Fsp3) is 0.394. The molecule has 6 nitrogen and oxygen atoms in total. The van der Waals surface area contributed by atoms with Gasteiger partial charge in [0.15, 0.2) is 0 Å². The number of ether oxygens (including phenoxy) is 1. The lowest BCUT2D eigenvalue weighted by Gasteiger charge is -2.25. The minimum absolute atomic E-state index is 0.0615. The van der Waals surface area contributed by atoms with Crippen LogP contribution in [0.4, 0.5) is 0 Å². The van der Waals surface area contributed by atoms with Crippen LogP contribution in [0.15, 0.2) is 72.8 Å². The van der Waals surface area contributed by atoms with Gasteiger partial charge in [0.1, 0.15) is 6.10 Å². The van der Waals surface area contributed by atoms with Crippen molar-refractivity contribution in [2.24, 2.45) is 5.73 Å². The van der Waals surface area contributed by atoms with Gasteiger partial charge in [-0.05, 0) is 68.0 Å². The summed E-state index contributed by atoms with van der Waals surface area (Å²) >= 11 is 0. The Bertz CT molecular complexity index is 1190. The van der Waals surface area contributed by atoms with Crippen molar-refractivity contribution < 1.29 is 14.3 Å². The maximum atomic E-state index is 13.4. The minimum atomic E-state index is -0.557. The van der Waals surface area contributed by atoms with Crippen LogP contribution in [0.1, 0.15) is 69.7 Å². The molecule has 2 atom stereocenters. The molecule has 39 heavy (non-hydrogen) atoms. The second-order valence-corrected chi connectivity index (χ2v) is 10.3. The van der Waals surface area contributed by atoms with Crippen molar-refractivity contribution in [3.8, 4) is 0 Å². The van der Waals surface area contributed by atoms with Gasteiger partial charge in [-0.3, -0.25) is 4.79 Å². The molecule has 0 saturated heterocycles. The lowest BCUT2D eigenvalue weighted by Crippen LogP contribution is -2.46. The Morgan fingerprint density at radius 1 is 0.846 bits per heavy atom. The smallest absolute Gasteiger partial charge is 0.338 e. The quantitative estimate of drug-likeness (QED) is 0.271. The van der Waals surface area contributed by atoms with Gasteiger partial charge in [0.2, 0.25) is 0 Å². The van der Waals surface area contributed by atoms with Gasteiger partial charge in [-0.15, -0.1) is 0 Å². The third-order valence-electron chi connectivity index (χ3n) is 6.68. The molecule has 0 aliphatic carbocycles. The van der Waals surface area contributed by atoms with Gasteiger partial charge in [0.25, 0.3) is 5.91 Å². The average Bonchev–Trinajstić information content (AvgIpc) is 2.93. The number of esters is 1. The molecule has 0 radical (unpaired) electrons. The van der Waals surface area contributed by atoms with Crippen molar-refractivity contribution in [2.75, 3.05) is 19.6 Å².